The number of carbonyl (C=O) groups is 1. The van der Waals surface area contributed by atoms with Crippen molar-refractivity contribution in [3.63, 3.8) is 0 Å². The molecule has 1 saturated carbocycles. The van der Waals surface area contributed by atoms with Gasteiger partial charge in [-0.25, -0.2) is 0 Å². The normalized spacial score (nSPS) is 34.3. The van der Waals surface area contributed by atoms with E-state index in [2.05, 4.69) is 37.2 Å². The van der Waals surface area contributed by atoms with Crippen molar-refractivity contribution in [1.82, 2.24) is 10.2 Å². The molecule has 2 heterocycles. The summed E-state index contributed by atoms with van der Waals surface area (Å²) in [6.07, 6.45) is 3.93. The molecule has 2 aliphatic carbocycles. The molecular formula is C28H42N2O5. The first kappa shape index (κ1) is 24.8. The third kappa shape index (κ3) is 3.60. The fourth-order valence-electron chi connectivity index (χ4n) is 7.65. The maximum Gasteiger partial charge on any atom is 0.323 e. The summed E-state index contributed by atoms with van der Waals surface area (Å²) in [5, 5.41) is 14.5. The highest BCUT2D eigenvalue weighted by Crippen LogP contribution is 2.66. The molecule has 7 heteroatoms. The molecule has 35 heavy (non-hydrogen) atoms. The van der Waals surface area contributed by atoms with Crippen LogP contribution in [-0.2, 0) is 26.1 Å². The molecule has 7 nitrogen and oxygen atoms in total. The Balaban J connectivity index is 1.56. The maximum absolute atomic E-state index is 13.2. The van der Waals surface area contributed by atoms with E-state index in [1.807, 2.05) is 27.9 Å². The van der Waals surface area contributed by atoms with E-state index in [4.69, 9.17) is 14.2 Å². The van der Waals surface area contributed by atoms with Gasteiger partial charge < -0.3 is 24.2 Å². The Labute approximate surface area is 209 Å². The SMILES string of the molecule is CO[C@@]12CC[C@H](N[C@@H](CC(C)C)C(=O)OC(C)(C)C)[C@@H]3Oc4c(O)ccc5c4[C@@]31CCN(C)[C@@H]2C5. The first-order valence-electron chi connectivity index (χ1n) is 13.2. The van der Waals surface area contributed by atoms with Crippen LogP contribution < -0.4 is 10.1 Å². The number of nitrogens with one attached hydrogen (secondary N) is 1. The number of rotatable bonds is 6. The van der Waals surface area contributed by atoms with Gasteiger partial charge in [-0.15, -0.1) is 0 Å². The van der Waals surface area contributed by atoms with Crippen LogP contribution in [0.2, 0.25) is 0 Å². The molecule has 6 atom stereocenters. The van der Waals surface area contributed by atoms with Crippen LogP contribution >= 0.6 is 0 Å². The third-order valence-electron chi connectivity index (χ3n) is 8.87. The standard InChI is InChI=1S/C28H42N2O5/c1-16(2)14-19(25(32)35-26(3,4)5)29-18-10-11-28(33-7)21-15-17-8-9-20(31)23-22(17)27(28,24(18)34-23)12-13-30(21)6/h8-9,16,18-19,21,24,29,31H,10-15H2,1-7H3/t18-,19-,21+,24-,27-,28+/m0/s1. The number of phenolic OH excluding ortho intramolecular Hbond substituents is 1. The molecule has 2 fully saturated rings. The number of likely N-dealkylation sites (tertiary alicyclic amines) is 1. The monoisotopic (exact) mass is 486 g/mol. The van der Waals surface area contributed by atoms with Gasteiger partial charge in [0.25, 0.3) is 0 Å². The van der Waals surface area contributed by atoms with Gasteiger partial charge in [0.05, 0.1) is 11.0 Å². The summed E-state index contributed by atoms with van der Waals surface area (Å²) in [5.74, 6) is 0.929. The fraction of sp³-hybridized carbons (Fsp3) is 0.750. The van der Waals surface area contributed by atoms with Crippen LogP contribution in [0.15, 0.2) is 12.1 Å². The zero-order chi connectivity index (χ0) is 25.3. The van der Waals surface area contributed by atoms with Gasteiger partial charge >= 0.3 is 5.97 Å². The van der Waals surface area contributed by atoms with Crippen molar-refractivity contribution in [1.29, 1.82) is 0 Å². The van der Waals surface area contributed by atoms with E-state index in [-0.39, 0.29) is 35.3 Å². The Morgan fingerprint density at radius 2 is 2.06 bits per heavy atom. The molecule has 0 radical (unpaired) electrons. The van der Waals surface area contributed by atoms with Crippen molar-refractivity contribution >= 4 is 5.97 Å². The van der Waals surface area contributed by atoms with Crippen molar-refractivity contribution in [2.45, 2.75) is 108 Å². The number of likely N-dealkylation sites (N-methyl/N-ethyl adjacent to an activating group) is 1. The van der Waals surface area contributed by atoms with E-state index in [1.54, 1.807) is 6.07 Å². The summed E-state index contributed by atoms with van der Waals surface area (Å²) in [4.78, 5) is 15.7. The lowest BCUT2D eigenvalue weighted by Crippen LogP contribution is -2.78. The Bertz CT molecular complexity index is 1000. The van der Waals surface area contributed by atoms with Gasteiger partial charge in [-0.2, -0.15) is 0 Å². The number of nitrogens with zero attached hydrogens (tertiary/aromatic N) is 1. The Hall–Kier alpha value is -1.83. The molecule has 2 N–H and O–H groups in total. The van der Waals surface area contributed by atoms with Gasteiger partial charge in [0.2, 0.25) is 0 Å². The minimum absolute atomic E-state index is 0.0589. The molecule has 1 aromatic carbocycles. The zero-order valence-electron chi connectivity index (χ0n) is 22.3. The number of ether oxygens (including phenoxy) is 3. The van der Waals surface area contributed by atoms with Crippen LogP contribution in [0, 0.1) is 5.92 Å². The number of methoxy groups -OCH3 is 1. The average Bonchev–Trinajstić information content (AvgIpc) is 3.13. The van der Waals surface area contributed by atoms with Crippen LogP contribution in [0.1, 0.15) is 71.4 Å². The lowest BCUT2D eigenvalue weighted by Gasteiger charge is -2.65. The number of benzene rings is 1. The van der Waals surface area contributed by atoms with Crippen LogP contribution in [0.5, 0.6) is 11.5 Å². The summed E-state index contributed by atoms with van der Waals surface area (Å²) in [5.41, 5.74) is 1.07. The summed E-state index contributed by atoms with van der Waals surface area (Å²) < 4.78 is 19.0. The third-order valence-corrected chi connectivity index (χ3v) is 8.87. The highest BCUT2D eigenvalue weighted by molar-refractivity contribution is 5.76. The maximum atomic E-state index is 13.2. The second-order valence-corrected chi connectivity index (χ2v) is 12.5. The fourth-order valence-corrected chi connectivity index (χ4v) is 7.65. The number of esters is 1. The molecule has 0 unspecified atom stereocenters. The highest BCUT2D eigenvalue weighted by Gasteiger charge is 2.73. The lowest BCUT2D eigenvalue weighted by molar-refractivity contribution is -0.204. The van der Waals surface area contributed by atoms with Crippen LogP contribution in [0.25, 0.3) is 0 Å². The molecule has 2 aliphatic heterocycles. The summed E-state index contributed by atoms with van der Waals surface area (Å²) in [7, 11) is 4.04. The summed E-state index contributed by atoms with van der Waals surface area (Å²) in [6, 6.07) is 3.59. The average molecular weight is 487 g/mol. The molecule has 194 valence electrons. The number of carbonyl (C=O) groups excluding carboxylic acids is 1. The smallest absolute Gasteiger partial charge is 0.323 e. The molecule has 0 amide bonds. The number of piperidine rings is 1. The van der Waals surface area contributed by atoms with Gasteiger partial charge in [0.1, 0.15) is 17.7 Å². The molecule has 2 bridgehead atoms. The summed E-state index contributed by atoms with van der Waals surface area (Å²) >= 11 is 0. The van der Waals surface area contributed by atoms with Gasteiger partial charge in [0, 0.05) is 24.8 Å². The Morgan fingerprint density at radius 1 is 1.31 bits per heavy atom. The van der Waals surface area contributed by atoms with E-state index < -0.39 is 17.2 Å². The Morgan fingerprint density at radius 3 is 2.71 bits per heavy atom. The van der Waals surface area contributed by atoms with Crippen LogP contribution in [-0.4, -0.2) is 72.1 Å². The number of phenols is 1. The molecular weight excluding hydrogens is 444 g/mol. The van der Waals surface area contributed by atoms with Crippen molar-refractivity contribution in [2.75, 3.05) is 20.7 Å². The van der Waals surface area contributed by atoms with E-state index in [0.717, 1.165) is 37.8 Å². The van der Waals surface area contributed by atoms with Crippen molar-refractivity contribution < 1.29 is 24.1 Å². The molecule has 1 aromatic rings. The number of aromatic hydroxyl groups is 1. The second-order valence-electron chi connectivity index (χ2n) is 12.5. The predicted molar refractivity (Wildman–Crippen MR) is 134 cm³/mol. The predicted octanol–water partition coefficient (Wildman–Crippen LogP) is 3.54. The number of hydrogen-bond donors (Lipinski definition) is 2. The van der Waals surface area contributed by atoms with Gasteiger partial charge in [-0.05, 0) is 84.0 Å². The molecule has 1 saturated heterocycles. The van der Waals surface area contributed by atoms with E-state index >= 15 is 0 Å². The molecule has 4 aliphatic rings. The molecule has 1 spiro atoms. The van der Waals surface area contributed by atoms with Crippen molar-refractivity contribution in [3.05, 3.63) is 23.3 Å². The topological polar surface area (TPSA) is 80.3 Å². The highest BCUT2D eigenvalue weighted by atomic mass is 16.6. The van der Waals surface area contributed by atoms with Crippen molar-refractivity contribution in [2.24, 2.45) is 5.92 Å². The lowest BCUT2D eigenvalue weighted by atomic mass is 9.48. The number of hydrogen-bond acceptors (Lipinski definition) is 7. The molecule has 5 rings (SSSR count). The van der Waals surface area contributed by atoms with Crippen LogP contribution in [0.3, 0.4) is 0 Å². The van der Waals surface area contributed by atoms with E-state index in [9.17, 15) is 9.90 Å². The van der Waals surface area contributed by atoms with E-state index in [0.29, 0.717) is 18.1 Å². The quantitative estimate of drug-likeness (QED) is 0.596. The molecule has 0 aromatic heterocycles. The summed E-state index contributed by atoms with van der Waals surface area (Å²) in [6.45, 7) is 10.9. The van der Waals surface area contributed by atoms with Crippen molar-refractivity contribution in [3.8, 4) is 11.5 Å². The minimum atomic E-state index is -0.546. The minimum Gasteiger partial charge on any atom is -0.504 e. The first-order valence-corrected chi connectivity index (χ1v) is 13.2. The zero-order valence-corrected chi connectivity index (χ0v) is 22.3. The second kappa shape index (κ2) is 8.35. The van der Waals surface area contributed by atoms with Gasteiger partial charge in [-0.3, -0.25) is 10.1 Å². The Kier molecular flexibility index (Phi) is 5.93. The van der Waals surface area contributed by atoms with Gasteiger partial charge in [-0.1, -0.05) is 19.9 Å². The first-order chi connectivity index (χ1) is 16.4. The van der Waals surface area contributed by atoms with E-state index in [1.165, 1.54) is 5.56 Å². The van der Waals surface area contributed by atoms with Gasteiger partial charge in [0.15, 0.2) is 11.5 Å². The largest absolute Gasteiger partial charge is 0.504 e. The van der Waals surface area contributed by atoms with Crippen LogP contribution in [0.4, 0.5) is 0 Å².